The third-order valence-electron chi connectivity index (χ3n) is 6.02. The molecule has 1 N–H and O–H groups in total. The zero-order chi connectivity index (χ0) is 26.2. The van der Waals surface area contributed by atoms with Crippen LogP contribution in [-0.2, 0) is 9.47 Å². The van der Waals surface area contributed by atoms with E-state index >= 15 is 0 Å². The summed E-state index contributed by atoms with van der Waals surface area (Å²) in [6, 6.07) is 8.03. The molecule has 1 aromatic heterocycles. The van der Waals surface area contributed by atoms with Crippen LogP contribution in [0.4, 0.5) is 0 Å². The summed E-state index contributed by atoms with van der Waals surface area (Å²) in [6.45, 7) is 6.13. The molecule has 5 nitrogen and oxygen atoms in total. The lowest BCUT2D eigenvalue weighted by molar-refractivity contribution is 0.0226. The Balaban J connectivity index is 1.29. The van der Waals surface area contributed by atoms with Gasteiger partial charge in [0.15, 0.2) is 12.5 Å². The van der Waals surface area contributed by atoms with E-state index < -0.39 is 6.10 Å². The summed E-state index contributed by atoms with van der Waals surface area (Å²) < 4.78 is 24.5. The van der Waals surface area contributed by atoms with Crippen molar-refractivity contribution in [1.29, 1.82) is 0 Å². The third-order valence-corrected chi connectivity index (χ3v) is 9.74. The molecule has 0 spiro atoms. The molecule has 0 fully saturated rings. The Bertz CT molecular complexity index is 1140. The second kappa shape index (κ2) is 14.2. The molecule has 200 valence electrons. The Morgan fingerprint density at radius 3 is 2.62 bits per heavy atom. The van der Waals surface area contributed by atoms with Gasteiger partial charge in [-0.2, -0.15) is 0 Å². The van der Waals surface area contributed by atoms with E-state index in [-0.39, 0.29) is 11.0 Å². The van der Waals surface area contributed by atoms with Gasteiger partial charge in [0.25, 0.3) is 0 Å². The Kier molecular flexibility index (Phi) is 11.1. The maximum atomic E-state index is 10.5. The van der Waals surface area contributed by atoms with Crippen molar-refractivity contribution >= 4 is 55.0 Å². The van der Waals surface area contributed by atoms with Crippen LogP contribution < -0.4 is 9.47 Å². The Morgan fingerprint density at radius 2 is 1.86 bits per heavy atom. The number of unbranched alkanes of at least 4 members (excludes halogenated alkanes) is 1. The Hall–Kier alpha value is -1.23. The molecule has 0 saturated heterocycles. The maximum Gasteiger partial charge on any atom is 0.189 e. The average Bonchev–Trinajstić information content (AvgIpc) is 3.43. The fraction of sp³-hybridized carbons (Fsp3) is 0.429. The average molecular weight is 673 g/mol. The lowest BCUT2D eigenvalue weighted by Gasteiger charge is -2.23. The fourth-order valence-electron chi connectivity index (χ4n) is 4.07. The van der Waals surface area contributed by atoms with Gasteiger partial charge in [0.2, 0.25) is 0 Å². The summed E-state index contributed by atoms with van der Waals surface area (Å²) >= 11 is 10.3. The summed E-state index contributed by atoms with van der Waals surface area (Å²) in [4.78, 5) is 0. The number of hydrogen-bond acceptors (Lipinski definition) is 7. The molecule has 4 rings (SSSR count). The van der Waals surface area contributed by atoms with Crippen LogP contribution in [0, 0.1) is 5.92 Å². The SMILES string of the molecule is CCOCOc1c(-c2ccccc2OCCCCOC2=CCC(C)C=C2C2=CSC(Br)C2O)csc1Br. The zero-order valence-corrected chi connectivity index (χ0v) is 25.8. The highest BCUT2D eigenvalue weighted by Crippen LogP contribution is 2.45. The first-order valence-electron chi connectivity index (χ1n) is 12.4. The number of thioether (sulfide) groups is 1. The van der Waals surface area contributed by atoms with Crippen LogP contribution in [0.5, 0.6) is 11.5 Å². The number of para-hydroxylation sites is 1. The van der Waals surface area contributed by atoms with Gasteiger partial charge in [-0.3, -0.25) is 0 Å². The van der Waals surface area contributed by atoms with Crippen molar-refractivity contribution in [3.05, 3.63) is 67.9 Å². The van der Waals surface area contributed by atoms with E-state index in [0.717, 1.165) is 62.6 Å². The molecule has 0 radical (unpaired) electrons. The minimum absolute atomic E-state index is 0.00980. The van der Waals surface area contributed by atoms with Gasteiger partial charge in [-0.05, 0) is 71.2 Å². The van der Waals surface area contributed by atoms with Gasteiger partial charge in [-0.1, -0.05) is 47.1 Å². The van der Waals surface area contributed by atoms with Crippen LogP contribution >= 0.6 is 55.0 Å². The predicted octanol–water partition coefficient (Wildman–Crippen LogP) is 8.29. The summed E-state index contributed by atoms with van der Waals surface area (Å²) in [7, 11) is 0. The van der Waals surface area contributed by atoms with Crippen molar-refractivity contribution in [1.82, 2.24) is 0 Å². The number of aliphatic hydroxyl groups is 1. The molecular formula is C28H32Br2O5S2. The number of rotatable bonds is 13. The molecule has 3 unspecified atom stereocenters. The fourth-order valence-corrected chi connectivity index (χ4v) is 6.86. The molecule has 1 aromatic carbocycles. The second-order valence-corrected chi connectivity index (χ2v) is 13.6. The molecule has 3 atom stereocenters. The maximum absolute atomic E-state index is 10.5. The topological polar surface area (TPSA) is 57.2 Å². The number of halogens is 2. The van der Waals surface area contributed by atoms with Crippen LogP contribution in [0.25, 0.3) is 11.1 Å². The van der Waals surface area contributed by atoms with Crippen molar-refractivity contribution in [3.63, 3.8) is 0 Å². The highest BCUT2D eigenvalue weighted by atomic mass is 79.9. The molecule has 2 heterocycles. The number of hydrogen-bond donors (Lipinski definition) is 1. The lowest BCUT2D eigenvalue weighted by atomic mass is 9.90. The van der Waals surface area contributed by atoms with Gasteiger partial charge in [0, 0.05) is 28.7 Å². The number of alkyl halides is 1. The Morgan fingerprint density at radius 1 is 1.08 bits per heavy atom. The molecule has 37 heavy (non-hydrogen) atoms. The third kappa shape index (κ3) is 7.46. The molecule has 0 saturated carbocycles. The lowest BCUT2D eigenvalue weighted by Crippen LogP contribution is -2.19. The van der Waals surface area contributed by atoms with Crippen LogP contribution in [0.15, 0.2) is 67.9 Å². The van der Waals surface area contributed by atoms with Crippen molar-refractivity contribution in [2.24, 2.45) is 5.92 Å². The number of aliphatic hydroxyl groups excluding tert-OH is 1. The van der Waals surface area contributed by atoms with Gasteiger partial charge in [0.1, 0.15) is 21.4 Å². The summed E-state index contributed by atoms with van der Waals surface area (Å²) in [5, 5.41) is 14.7. The molecule has 2 aliphatic rings. The van der Waals surface area contributed by atoms with E-state index in [1.165, 1.54) is 0 Å². The zero-order valence-electron chi connectivity index (χ0n) is 21.0. The Labute approximate surface area is 244 Å². The van der Waals surface area contributed by atoms with Crippen LogP contribution in [-0.4, -0.2) is 42.0 Å². The van der Waals surface area contributed by atoms with E-state index in [1.54, 1.807) is 23.1 Å². The smallest absolute Gasteiger partial charge is 0.189 e. The normalized spacial score (nSPS) is 21.3. The first-order chi connectivity index (χ1) is 18.0. The van der Waals surface area contributed by atoms with E-state index in [4.69, 9.17) is 18.9 Å². The van der Waals surface area contributed by atoms with Crippen molar-refractivity contribution in [2.45, 2.75) is 43.4 Å². The van der Waals surface area contributed by atoms with E-state index in [0.29, 0.717) is 25.7 Å². The predicted molar refractivity (Wildman–Crippen MR) is 160 cm³/mol. The summed E-state index contributed by atoms with van der Waals surface area (Å²) in [5.41, 5.74) is 3.94. The van der Waals surface area contributed by atoms with E-state index in [1.807, 2.05) is 36.6 Å². The molecule has 2 aromatic rings. The number of benzene rings is 1. The minimum Gasteiger partial charge on any atom is -0.493 e. The van der Waals surface area contributed by atoms with Crippen molar-refractivity contribution in [2.75, 3.05) is 26.6 Å². The number of thiophene rings is 1. The molecule has 0 amide bonds. The highest BCUT2D eigenvalue weighted by molar-refractivity contribution is 9.11. The molecule has 0 bridgehead atoms. The largest absolute Gasteiger partial charge is 0.493 e. The first-order valence-corrected chi connectivity index (χ1v) is 16.0. The standard InChI is InChI=1S/C28H32Br2O5S2/c1-3-32-17-35-26-22(16-37-28(26)30)19-8-4-5-9-23(19)33-12-6-7-13-34-24-11-10-18(2)14-20(24)21-15-36-27(29)25(21)31/h4-5,8-9,11,14-16,18,25,27,31H,3,6-7,10,12-13,17H2,1-2H3. The van der Waals surface area contributed by atoms with Crippen molar-refractivity contribution in [3.8, 4) is 22.6 Å². The van der Waals surface area contributed by atoms with Gasteiger partial charge < -0.3 is 24.1 Å². The van der Waals surface area contributed by atoms with Gasteiger partial charge >= 0.3 is 0 Å². The molecule has 1 aliphatic heterocycles. The van der Waals surface area contributed by atoms with Gasteiger partial charge in [-0.25, -0.2) is 0 Å². The van der Waals surface area contributed by atoms with E-state index in [2.05, 4.69) is 56.3 Å². The van der Waals surface area contributed by atoms with Crippen LogP contribution in [0.3, 0.4) is 0 Å². The molecule has 9 heteroatoms. The summed E-state index contributed by atoms with van der Waals surface area (Å²) in [6.07, 6.45) is 6.51. The minimum atomic E-state index is -0.532. The molecular weight excluding hydrogens is 640 g/mol. The van der Waals surface area contributed by atoms with Crippen molar-refractivity contribution < 1.29 is 24.1 Å². The quantitative estimate of drug-likeness (QED) is 0.131. The van der Waals surface area contributed by atoms with Gasteiger partial charge in [0.05, 0.1) is 17.4 Å². The summed E-state index contributed by atoms with van der Waals surface area (Å²) in [5.74, 6) is 2.90. The first kappa shape index (κ1) is 28.8. The van der Waals surface area contributed by atoms with Gasteiger partial charge in [-0.15, -0.1) is 23.1 Å². The molecule has 1 aliphatic carbocycles. The van der Waals surface area contributed by atoms with Crippen LogP contribution in [0.1, 0.15) is 33.1 Å². The monoisotopic (exact) mass is 670 g/mol. The highest BCUT2D eigenvalue weighted by Gasteiger charge is 2.31. The van der Waals surface area contributed by atoms with E-state index in [9.17, 15) is 5.11 Å². The number of ether oxygens (including phenoxy) is 4. The number of allylic oxidation sites excluding steroid dienone is 3. The second-order valence-electron chi connectivity index (χ2n) is 8.77. The van der Waals surface area contributed by atoms with Crippen LogP contribution in [0.2, 0.25) is 0 Å².